The molecule has 0 aliphatic heterocycles. The molecule has 0 unspecified atom stereocenters. The van der Waals surface area contributed by atoms with E-state index in [9.17, 15) is 32.1 Å². The first kappa shape index (κ1) is 32.0. The molecular weight excluding hydrogens is 546 g/mol. The van der Waals surface area contributed by atoms with Crippen LogP contribution in [0.2, 0.25) is 0 Å². The molecule has 1 amide bonds. The Balaban J connectivity index is 2.09. The van der Waals surface area contributed by atoms with Gasteiger partial charge in [0.1, 0.15) is 5.75 Å². The van der Waals surface area contributed by atoms with Crippen LogP contribution in [0.4, 0.5) is 18.9 Å². The van der Waals surface area contributed by atoms with Crippen LogP contribution < -0.4 is 10.1 Å². The third kappa shape index (κ3) is 10.8. The third-order valence-corrected chi connectivity index (χ3v) is 6.62. The van der Waals surface area contributed by atoms with Gasteiger partial charge < -0.3 is 15.2 Å². The minimum atomic E-state index is -4.75. The van der Waals surface area contributed by atoms with E-state index >= 15 is 0 Å². The molecule has 0 atom stereocenters. The summed E-state index contributed by atoms with van der Waals surface area (Å²) in [6, 6.07) is 8.50. The van der Waals surface area contributed by atoms with E-state index in [1.165, 1.54) is 0 Å². The molecule has 2 aromatic carbocycles. The highest BCUT2D eigenvalue weighted by Gasteiger charge is 2.32. The summed E-state index contributed by atoms with van der Waals surface area (Å²) in [5, 5.41) is 11.2. The largest absolute Gasteiger partial charge is 0.481 e. The number of ether oxygens (including phenoxy) is 1. The van der Waals surface area contributed by atoms with Crippen molar-refractivity contribution >= 4 is 31.4 Å². The van der Waals surface area contributed by atoms with Crippen LogP contribution in [0.5, 0.6) is 5.75 Å². The summed E-state index contributed by atoms with van der Waals surface area (Å²) in [5.41, 5.74) is -0.387. The highest BCUT2D eigenvalue weighted by atomic mass is 31.2. The van der Waals surface area contributed by atoms with Crippen LogP contribution in [0, 0.1) is 0 Å². The zero-order valence-corrected chi connectivity index (χ0v) is 22.2. The van der Waals surface area contributed by atoms with E-state index in [2.05, 4.69) is 5.32 Å². The molecule has 0 saturated carbocycles. The van der Waals surface area contributed by atoms with Gasteiger partial charge >= 0.3 is 25.9 Å². The van der Waals surface area contributed by atoms with Crippen molar-refractivity contribution in [3.8, 4) is 5.75 Å². The zero-order chi connectivity index (χ0) is 29.1. The van der Waals surface area contributed by atoms with Gasteiger partial charge in [0.15, 0.2) is 0 Å². The minimum absolute atomic E-state index is 0.0374. The van der Waals surface area contributed by atoms with Crippen molar-refractivity contribution in [2.75, 3.05) is 25.1 Å². The second-order valence-corrected chi connectivity index (χ2v) is 9.62. The van der Waals surface area contributed by atoms with Gasteiger partial charge in [0, 0.05) is 18.5 Å². The molecule has 214 valence electrons. The van der Waals surface area contributed by atoms with Crippen molar-refractivity contribution in [2.24, 2.45) is 0 Å². The lowest BCUT2D eigenvalue weighted by Crippen LogP contribution is -2.17. The fourth-order valence-corrected chi connectivity index (χ4v) is 4.36. The lowest BCUT2D eigenvalue weighted by atomic mass is 10.1. The van der Waals surface area contributed by atoms with E-state index in [1.54, 1.807) is 38.1 Å². The van der Waals surface area contributed by atoms with Crippen molar-refractivity contribution in [1.29, 1.82) is 0 Å². The molecule has 2 rings (SSSR count). The Labute approximate surface area is 223 Å². The van der Waals surface area contributed by atoms with E-state index in [4.69, 9.17) is 23.4 Å². The van der Waals surface area contributed by atoms with E-state index in [-0.39, 0.29) is 44.6 Å². The number of anilines is 1. The number of amides is 1. The summed E-state index contributed by atoms with van der Waals surface area (Å²) in [4.78, 5) is 35.5. The van der Waals surface area contributed by atoms with E-state index in [1.807, 2.05) is 0 Å². The van der Waals surface area contributed by atoms with Crippen molar-refractivity contribution in [1.82, 2.24) is 0 Å². The van der Waals surface area contributed by atoms with Gasteiger partial charge in [-0.2, -0.15) is 13.2 Å². The van der Waals surface area contributed by atoms with Gasteiger partial charge in [-0.25, -0.2) is 4.57 Å². The maximum atomic E-state index is 13.2. The number of phosphoric acid groups is 1. The quantitative estimate of drug-likeness (QED) is 0.152. The van der Waals surface area contributed by atoms with Crippen LogP contribution in [0.25, 0.3) is 0 Å². The molecule has 14 heteroatoms. The summed E-state index contributed by atoms with van der Waals surface area (Å²) in [6.07, 6.45) is -5.18. The van der Waals surface area contributed by atoms with E-state index in [0.717, 1.165) is 11.6 Å². The molecule has 0 saturated heterocycles. The molecule has 0 aromatic heterocycles. The van der Waals surface area contributed by atoms with Gasteiger partial charge in [0.2, 0.25) is 0 Å². The van der Waals surface area contributed by atoms with Crippen molar-refractivity contribution in [3.63, 3.8) is 0 Å². The second-order valence-electron chi connectivity index (χ2n) is 7.95. The maximum absolute atomic E-state index is 13.2. The number of carbonyl (C=O) groups excluding carboxylic acids is 2. The molecule has 39 heavy (non-hydrogen) atoms. The number of aliphatic carboxylic acids is 1. The molecule has 0 fully saturated rings. The summed E-state index contributed by atoms with van der Waals surface area (Å²) >= 11 is 0. The molecule has 2 aromatic rings. The Kier molecular flexibility index (Phi) is 12.1. The van der Waals surface area contributed by atoms with Gasteiger partial charge in [-0.05, 0) is 62.6 Å². The Morgan fingerprint density at radius 2 is 1.59 bits per heavy atom. The first-order chi connectivity index (χ1) is 18.4. The van der Waals surface area contributed by atoms with Crippen molar-refractivity contribution in [2.45, 2.75) is 45.7 Å². The van der Waals surface area contributed by atoms with Crippen LogP contribution in [-0.4, -0.2) is 42.8 Å². The summed E-state index contributed by atoms with van der Waals surface area (Å²) in [5.74, 6) is -3.56. The summed E-state index contributed by atoms with van der Waals surface area (Å²) in [7, 11) is -3.65. The zero-order valence-electron chi connectivity index (χ0n) is 21.3. The Hall–Kier alpha value is -3.25. The van der Waals surface area contributed by atoms with Gasteiger partial charge in [-0.1, -0.05) is 12.1 Å². The molecule has 0 radical (unpaired) electrons. The van der Waals surface area contributed by atoms with Gasteiger partial charge in [0.25, 0.3) is 5.91 Å². The number of rotatable bonds is 15. The monoisotopic (exact) mass is 575 g/mol. The first-order valence-electron chi connectivity index (χ1n) is 11.9. The number of nitrogens with one attached hydrogen (secondary N) is 1. The van der Waals surface area contributed by atoms with Crippen LogP contribution >= 0.6 is 7.82 Å². The number of hydrogen-bond donors (Lipinski definition) is 2. The van der Waals surface area contributed by atoms with Crippen LogP contribution in [0.15, 0.2) is 42.5 Å². The van der Waals surface area contributed by atoms with Crippen molar-refractivity contribution in [3.05, 3.63) is 59.2 Å². The molecule has 10 nitrogen and oxygen atoms in total. The smallest absolute Gasteiger partial charge is 0.474 e. The SMILES string of the molecule is CCOP(=O)(OCC)OCCc1ccc(NC(=O)c2ccc(C(F)(F)F)cc2OC(=O)CCCC(=O)O)cc1. The topological polar surface area (TPSA) is 137 Å². The van der Waals surface area contributed by atoms with Crippen LogP contribution in [0.1, 0.15) is 54.6 Å². The number of carboxylic acid groups (broad SMARTS) is 1. The van der Waals surface area contributed by atoms with Gasteiger partial charge in [0.05, 0.1) is 30.9 Å². The van der Waals surface area contributed by atoms with Gasteiger partial charge in [-0.3, -0.25) is 28.0 Å². The van der Waals surface area contributed by atoms with Crippen LogP contribution in [-0.2, 0) is 40.3 Å². The van der Waals surface area contributed by atoms with E-state index < -0.39 is 43.2 Å². The third-order valence-electron chi connectivity index (χ3n) is 4.98. The minimum Gasteiger partial charge on any atom is -0.481 e. The van der Waals surface area contributed by atoms with Crippen LogP contribution in [0.3, 0.4) is 0 Å². The Morgan fingerprint density at radius 3 is 2.15 bits per heavy atom. The Bertz CT molecular complexity index is 1180. The number of esters is 1. The molecular formula is C25H29F3NO9P. The lowest BCUT2D eigenvalue weighted by Gasteiger charge is -2.16. The standard InChI is InChI=1S/C25H29F3NO9P/c1-3-35-39(34,36-4-2)37-15-14-17-8-11-19(12-9-17)29-24(33)20-13-10-18(25(26,27)28)16-21(20)38-23(32)7-5-6-22(30)31/h8-13,16H,3-7,14-15H2,1-2H3,(H,29,33)(H,30,31). The molecule has 2 N–H and O–H groups in total. The number of carbonyl (C=O) groups is 3. The normalized spacial score (nSPS) is 11.7. The van der Waals surface area contributed by atoms with Gasteiger partial charge in [-0.15, -0.1) is 0 Å². The lowest BCUT2D eigenvalue weighted by molar-refractivity contribution is -0.140. The van der Waals surface area contributed by atoms with E-state index in [0.29, 0.717) is 24.2 Å². The predicted octanol–water partition coefficient (Wildman–Crippen LogP) is 5.86. The molecule has 0 aliphatic rings. The average molecular weight is 575 g/mol. The molecule has 0 heterocycles. The first-order valence-corrected chi connectivity index (χ1v) is 13.4. The van der Waals surface area contributed by atoms with Crippen molar-refractivity contribution < 1.29 is 55.5 Å². The number of benzene rings is 2. The maximum Gasteiger partial charge on any atom is 0.474 e. The average Bonchev–Trinajstić information content (AvgIpc) is 2.84. The number of alkyl halides is 3. The number of hydrogen-bond acceptors (Lipinski definition) is 8. The molecule has 0 spiro atoms. The molecule has 0 aliphatic carbocycles. The number of halogens is 3. The predicted molar refractivity (Wildman–Crippen MR) is 133 cm³/mol. The highest BCUT2D eigenvalue weighted by molar-refractivity contribution is 7.48. The summed E-state index contributed by atoms with van der Waals surface area (Å²) < 4.78 is 72.3. The fourth-order valence-electron chi connectivity index (χ4n) is 3.18. The molecule has 0 bridgehead atoms. The fraction of sp³-hybridized carbons (Fsp3) is 0.400. The highest BCUT2D eigenvalue weighted by Crippen LogP contribution is 2.49. The number of carboxylic acids is 1. The summed E-state index contributed by atoms with van der Waals surface area (Å²) in [6.45, 7) is 3.65. The number of phosphoric ester groups is 1. The second kappa shape index (κ2) is 14.8. The Morgan fingerprint density at radius 1 is 0.949 bits per heavy atom.